The van der Waals surface area contributed by atoms with Gasteiger partial charge in [0, 0.05) is 11.8 Å². The number of hydrogen-bond acceptors (Lipinski definition) is 4. The maximum atomic E-state index is 13.1. The summed E-state index contributed by atoms with van der Waals surface area (Å²) in [6, 6.07) is 14.3. The molecular formula is C20H16N2O3S. The van der Waals surface area contributed by atoms with E-state index < -0.39 is 5.97 Å². The SMILES string of the molecule is C=CCSc1nc2ccccc2c(=O)n1-c1ccccc1/C=C/C(=O)O. The fourth-order valence-corrected chi connectivity index (χ4v) is 3.29. The molecule has 0 radical (unpaired) electrons. The van der Waals surface area contributed by atoms with Gasteiger partial charge >= 0.3 is 5.97 Å². The molecule has 0 spiro atoms. The van der Waals surface area contributed by atoms with Gasteiger partial charge in [-0.15, -0.1) is 6.58 Å². The minimum absolute atomic E-state index is 0.196. The zero-order valence-corrected chi connectivity index (χ0v) is 14.6. The van der Waals surface area contributed by atoms with Crippen molar-refractivity contribution >= 4 is 34.7 Å². The van der Waals surface area contributed by atoms with Gasteiger partial charge in [-0.05, 0) is 29.8 Å². The van der Waals surface area contributed by atoms with Crippen LogP contribution in [-0.2, 0) is 4.79 Å². The molecule has 6 heteroatoms. The lowest BCUT2D eigenvalue weighted by atomic mass is 10.1. The van der Waals surface area contributed by atoms with Crippen molar-refractivity contribution in [3.05, 3.63) is 83.2 Å². The van der Waals surface area contributed by atoms with Crippen LogP contribution in [0.1, 0.15) is 5.56 Å². The van der Waals surface area contributed by atoms with Gasteiger partial charge in [0.05, 0.1) is 16.6 Å². The third kappa shape index (κ3) is 3.60. The second-order valence-corrected chi connectivity index (χ2v) is 6.37. The van der Waals surface area contributed by atoms with E-state index in [1.54, 1.807) is 48.5 Å². The summed E-state index contributed by atoms with van der Waals surface area (Å²) < 4.78 is 1.53. The molecule has 1 heterocycles. The molecule has 3 aromatic rings. The van der Waals surface area contributed by atoms with Gasteiger partial charge in [0.2, 0.25) is 0 Å². The molecule has 1 N–H and O–H groups in total. The van der Waals surface area contributed by atoms with E-state index in [4.69, 9.17) is 5.11 Å². The Morgan fingerprint density at radius 2 is 1.92 bits per heavy atom. The fourth-order valence-electron chi connectivity index (χ4n) is 2.55. The van der Waals surface area contributed by atoms with Crippen molar-refractivity contribution in [3.8, 4) is 5.69 Å². The Morgan fingerprint density at radius 1 is 1.19 bits per heavy atom. The standard InChI is InChI=1S/C20H16N2O3S/c1-2-13-26-20-21-16-9-5-4-8-15(16)19(25)22(20)17-10-6-3-7-14(17)11-12-18(23)24/h2-12H,1,13H2,(H,23,24)/b12-11+. The molecule has 1 aromatic heterocycles. The average molecular weight is 364 g/mol. The molecule has 3 rings (SSSR count). The highest BCUT2D eigenvalue weighted by Crippen LogP contribution is 2.24. The molecule has 0 atom stereocenters. The minimum Gasteiger partial charge on any atom is -0.478 e. The van der Waals surface area contributed by atoms with Crippen molar-refractivity contribution < 1.29 is 9.90 Å². The summed E-state index contributed by atoms with van der Waals surface area (Å²) in [4.78, 5) is 28.7. The summed E-state index contributed by atoms with van der Waals surface area (Å²) in [5.41, 5.74) is 1.63. The minimum atomic E-state index is -1.05. The summed E-state index contributed by atoms with van der Waals surface area (Å²) >= 11 is 1.40. The van der Waals surface area contributed by atoms with E-state index in [1.165, 1.54) is 22.4 Å². The monoisotopic (exact) mass is 364 g/mol. The highest BCUT2D eigenvalue weighted by molar-refractivity contribution is 7.99. The van der Waals surface area contributed by atoms with Gasteiger partial charge in [-0.1, -0.05) is 48.2 Å². The van der Waals surface area contributed by atoms with Gasteiger partial charge < -0.3 is 5.11 Å². The van der Waals surface area contributed by atoms with Crippen LogP contribution in [0, 0.1) is 0 Å². The Kier molecular flexibility index (Phi) is 5.34. The van der Waals surface area contributed by atoms with Gasteiger partial charge in [0.1, 0.15) is 0 Å². The van der Waals surface area contributed by atoms with E-state index in [1.807, 2.05) is 6.07 Å². The molecule has 0 aliphatic carbocycles. The highest BCUT2D eigenvalue weighted by Gasteiger charge is 2.14. The van der Waals surface area contributed by atoms with E-state index in [-0.39, 0.29) is 5.56 Å². The summed E-state index contributed by atoms with van der Waals surface area (Å²) in [6.07, 6.45) is 4.27. The smallest absolute Gasteiger partial charge is 0.328 e. The van der Waals surface area contributed by atoms with E-state index >= 15 is 0 Å². The van der Waals surface area contributed by atoms with Crippen molar-refractivity contribution in [2.24, 2.45) is 0 Å². The number of rotatable bonds is 6. The lowest BCUT2D eigenvalue weighted by Gasteiger charge is -2.14. The molecule has 0 saturated heterocycles. The first-order valence-corrected chi connectivity index (χ1v) is 8.86. The summed E-state index contributed by atoms with van der Waals surface area (Å²) in [7, 11) is 0. The fraction of sp³-hybridized carbons (Fsp3) is 0.0500. The lowest BCUT2D eigenvalue weighted by Crippen LogP contribution is -2.22. The van der Waals surface area contributed by atoms with Crippen molar-refractivity contribution in [2.75, 3.05) is 5.75 Å². The van der Waals surface area contributed by atoms with Gasteiger partial charge in [-0.3, -0.25) is 9.36 Å². The maximum Gasteiger partial charge on any atom is 0.328 e. The zero-order chi connectivity index (χ0) is 18.5. The molecule has 0 aliphatic rings. The largest absolute Gasteiger partial charge is 0.478 e. The number of carboxylic acid groups (broad SMARTS) is 1. The van der Waals surface area contributed by atoms with Crippen LogP contribution in [0.5, 0.6) is 0 Å². The Labute approximate surface area is 154 Å². The summed E-state index contributed by atoms with van der Waals surface area (Å²) in [5.74, 6) is -0.456. The molecule has 0 fully saturated rings. The van der Waals surface area contributed by atoms with Crippen molar-refractivity contribution in [2.45, 2.75) is 5.16 Å². The molecular weight excluding hydrogens is 348 g/mol. The Bertz CT molecular complexity index is 1070. The summed E-state index contributed by atoms with van der Waals surface area (Å²) in [5, 5.41) is 9.96. The van der Waals surface area contributed by atoms with Crippen LogP contribution in [0.3, 0.4) is 0 Å². The number of hydrogen-bond donors (Lipinski definition) is 1. The van der Waals surface area contributed by atoms with Crippen LogP contribution in [0.2, 0.25) is 0 Å². The number of benzene rings is 2. The van der Waals surface area contributed by atoms with Gasteiger partial charge in [0.25, 0.3) is 5.56 Å². The molecule has 5 nitrogen and oxygen atoms in total. The zero-order valence-electron chi connectivity index (χ0n) is 13.8. The molecule has 130 valence electrons. The number of nitrogens with zero attached hydrogens (tertiary/aromatic N) is 2. The van der Waals surface area contributed by atoms with E-state index in [2.05, 4.69) is 11.6 Å². The van der Waals surface area contributed by atoms with Crippen LogP contribution in [0.25, 0.3) is 22.7 Å². The molecule has 0 amide bonds. The van der Waals surface area contributed by atoms with E-state index in [0.717, 1.165) is 6.08 Å². The Balaban J connectivity index is 2.30. The number of aliphatic carboxylic acids is 1. The highest BCUT2D eigenvalue weighted by atomic mass is 32.2. The predicted octanol–water partition coefficient (Wildman–Crippen LogP) is 3.76. The van der Waals surface area contributed by atoms with Crippen molar-refractivity contribution in [1.82, 2.24) is 9.55 Å². The Hall–Kier alpha value is -3.12. The molecule has 0 aliphatic heterocycles. The molecule has 0 bridgehead atoms. The number of fused-ring (bicyclic) bond motifs is 1. The number of thioether (sulfide) groups is 1. The van der Waals surface area contributed by atoms with E-state index in [0.29, 0.717) is 33.1 Å². The van der Waals surface area contributed by atoms with Crippen LogP contribution in [-0.4, -0.2) is 26.4 Å². The molecule has 2 aromatic carbocycles. The topological polar surface area (TPSA) is 72.2 Å². The first-order chi connectivity index (χ1) is 12.6. The molecule has 0 saturated carbocycles. The summed E-state index contributed by atoms with van der Waals surface area (Å²) in [6.45, 7) is 3.72. The second kappa shape index (κ2) is 7.84. The van der Waals surface area contributed by atoms with Crippen LogP contribution >= 0.6 is 11.8 Å². The van der Waals surface area contributed by atoms with Gasteiger partial charge in [-0.2, -0.15) is 0 Å². The van der Waals surface area contributed by atoms with Gasteiger partial charge in [-0.25, -0.2) is 9.78 Å². The number of carboxylic acids is 1. The van der Waals surface area contributed by atoms with Crippen LogP contribution in [0.15, 0.2) is 77.2 Å². The van der Waals surface area contributed by atoms with Crippen LogP contribution < -0.4 is 5.56 Å². The van der Waals surface area contributed by atoms with Crippen molar-refractivity contribution in [3.63, 3.8) is 0 Å². The number of aromatic nitrogens is 2. The quantitative estimate of drug-likeness (QED) is 0.312. The molecule has 26 heavy (non-hydrogen) atoms. The average Bonchev–Trinajstić information content (AvgIpc) is 2.65. The Morgan fingerprint density at radius 3 is 2.69 bits per heavy atom. The first-order valence-electron chi connectivity index (χ1n) is 7.87. The predicted molar refractivity (Wildman–Crippen MR) is 105 cm³/mol. The number of para-hydroxylation sites is 2. The van der Waals surface area contributed by atoms with Crippen molar-refractivity contribution in [1.29, 1.82) is 0 Å². The molecule has 0 unspecified atom stereocenters. The normalized spacial score (nSPS) is 11.1. The van der Waals surface area contributed by atoms with Crippen LogP contribution in [0.4, 0.5) is 0 Å². The second-order valence-electron chi connectivity index (χ2n) is 5.38. The lowest BCUT2D eigenvalue weighted by molar-refractivity contribution is -0.131. The third-order valence-corrected chi connectivity index (χ3v) is 4.59. The van der Waals surface area contributed by atoms with Gasteiger partial charge in [0.15, 0.2) is 5.16 Å². The first kappa shape index (κ1) is 17.7. The third-order valence-electron chi connectivity index (χ3n) is 3.66. The van der Waals surface area contributed by atoms with E-state index in [9.17, 15) is 9.59 Å². The maximum absolute atomic E-state index is 13.1. The number of carbonyl (C=O) groups is 1.